The van der Waals surface area contributed by atoms with E-state index in [0.717, 1.165) is 33.6 Å². The molecule has 0 radical (unpaired) electrons. The van der Waals surface area contributed by atoms with Crippen LogP contribution in [0.2, 0.25) is 5.02 Å². The second kappa shape index (κ2) is 6.61. The van der Waals surface area contributed by atoms with Gasteiger partial charge >= 0.3 is 0 Å². The zero-order valence-corrected chi connectivity index (χ0v) is 13.8. The first-order valence-corrected chi connectivity index (χ1v) is 7.55. The quantitative estimate of drug-likeness (QED) is 0.891. The first-order valence-electron chi connectivity index (χ1n) is 6.38. The van der Waals surface area contributed by atoms with Gasteiger partial charge in [-0.3, -0.25) is 4.68 Å². The number of aryl methyl sites for hydroxylation is 2. The van der Waals surface area contributed by atoms with Crippen LogP contribution in [-0.2, 0) is 26.6 Å². The molecule has 4 nitrogen and oxygen atoms in total. The summed E-state index contributed by atoms with van der Waals surface area (Å²) in [5, 5.41) is 5.05. The van der Waals surface area contributed by atoms with E-state index in [-0.39, 0.29) is 0 Å². The van der Waals surface area contributed by atoms with Gasteiger partial charge < -0.3 is 10.5 Å². The molecule has 0 bridgehead atoms. The van der Waals surface area contributed by atoms with E-state index in [2.05, 4.69) is 21.0 Å². The van der Waals surface area contributed by atoms with Crippen LogP contribution in [0.5, 0.6) is 5.75 Å². The first kappa shape index (κ1) is 15.4. The van der Waals surface area contributed by atoms with Crippen LogP contribution in [0.25, 0.3) is 0 Å². The van der Waals surface area contributed by atoms with Crippen LogP contribution in [-0.4, -0.2) is 9.78 Å². The third kappa shape index (κ3) is 3.16. The lowest BCUT2D eigenvalue weighted by Gasteiger charge is -2.10. The van der Waals surface area contributed by atoms with Crippen molar-refractivity contribution in [2.75, 3.05) is 0 Å². The Labute approximate surface area is 132 Å². The van der Waals surface area contributed by atoms with E-state index in [4.69, 9.17) is 22.1 Å². The summed E-state index contributed by atoms with van der Waals surface area (Å²) >= 11 is 9.77. The van der Waals surface area contributed by atoms with Crippen molar-refractivity contribution in [2.24, 2.45) is 12.8 Å². The molecular formula is C14H17BrClN3O. The molecule has 0 aliphatic rings. The van der Waals surface area contributed by atoms with E-state index in [1.807, 2.05) is 32.2 Å². The molecule has 20 heavy (non-hydrogen) atoms. The van der Waals surface area contributed by atoms with Gasteiger partial charge in [0.1, 0.15) is 12.4 Å². The number of hydrogen-bond acceptors (Lipinski definition) is 3. The molecule has 108 valence electrons. The molecule has 1 aromatic carbocycles. The maximum Gasteiger partial charge on any atom is 0.134 e. The van der Waals surface area contributed by atoms with Crippen LogP contribution in [0.15, 0.2) is 22.7 Å². The van der Waals surface area contributed by atoms with E-state index in [1.54, 1.807) is 4.68 Å². The smallest absolute Gasteiger partial charge is 0.134 e. The predicted octanol–water partition coefficient (Wildman–Crippen LogP) is 3.44. The molecule has 2 N–H and O–H groups in total. The topological polar surface area (TPSA) is 53.1 Å². The lowest BCUT2D eigenvalue weighted by molar-refractivity contribution is 0.293. The monoisotopic (exact) mass is 357 g/mol. The molecule has 2 rings (SSSR count). The van der Waals surface area contributed by atoms with E-state index < -0.39 is 0 Å². The highest BCUT2D eigenvalue weighted by molar-refractivity contribution is 9.10. The maximum atomic E-state index is 6.29. The van der Waals surface area contributed by atoms with Gasteiger partial charge in [0.25, 0.3) is 0 Å². The summed E-state index contributed by atoms with van der Waals surface area (Å²) in [6, 6.07) is 5.80. The molecule has 0 aliphatic heterocycles. The molecule has 2 aromatic rings. The highest BCUT2D eigenvalue weighted by Crippen LogP contribution is 2.28. The second-order valence-electron chi connectivity index (χ2n) is 4.44. The lowest BCUT2D eigenvalue weighted by atomic mass is 10.2. The second-order valence-corrected chi connectivity index (χ2v) is 5.67. The third-order valence-corrected chi connectivity index (χ3v) is 4.16. The fourth-order valence-corrected chi connectivity index (χ4v) is 2.80. The number of rotatable bonds is 5. The number of aromatic nitrogens is 2. The average molecular weight is 359 g/mol. The van der Waals surface area contributed by atoms with Crippen LogP contribution in [0.4, 0.5) is 0 Å². The molecule has 1 heterocycles. The lowest BCUT2D eigenvalue weighted by Crippen LogP contribution is -2.04. The van der Waals surface area contributed by atoms with Crippen molar-refractivity contribution in [3.8, 4) is 5.75 Å². The number of hydrogen-bond donors (Lipinski definition) is 1. The summed E-state index contributed by atoms with van der Waals surface area (Å²) in [5.41, 5.74) is 8.42. The fourth-order valence-electron chi connectivity index (χ4n) is 1.91. The summed E-state index contributed by atoms with van der Waals surface area (Å²) in [6.45, 7) is 2.91. The van der Waals surface area contributed by atoms with Gasteiger partial charge in [-0.05, 0) is 40.0 Å². The normalized spacial score (nSPS) is 10.8. The number of nitrogens with two attached hydrogens (primary N) is 1. The average Bonchev–Trinajstić information content (AvgIpc) is 2.72. The Hall–Kier alpha value is -1.04. The zero-order chi connectivity index (χ0) is 14.7. The molecule has 0 spiro atoms. The Kier molecular flexibility index (Phi) is 5.07. The van der Waals surface area contributed by atoms with Gasteiger partial charge in [-0.15, -0.1) is 0 Å². The van der Waals surface area contributed by atoms with Gasteiger partial charge in [-0.1, -0.05) is 24.6 Å². The van der Waals surface area contributed by atoms with Gasteiger partial charge in [0.15, 0.2) is 0 Å². The van der Waals surface area contributed by atoms with Gasteiger partial charge in [0.2, 0.25) is 0 Å². The third-order valence-electron chi connectivity index (χ3n) is 3.10. The minimum Gasteiger partial charge on any atom is -0.486 e. The van der Waals surface area contributed by atoms with Crippen LogP contribution >= 0.6 is 27.5 Å². The Morgan fingerprint density at radius 1 is 1.45 bits per heavy atom. The predicted molar refractivity (Wildman–Crippen MR) is 84.0 cm³/mol. The molecule has 1 aromatic heterocycles. The van der Waals surface area contributed by atoms with Gasteiger partial charge in [-0.25, -0.2) is 0 Å². The standard InChI is InChI=1S/C14H17BrClN3O/c1-3-11-14(16)12(19(2)18-11)8-20-13-5-4-9(7-17)6-10(13)15/h4-6H,3,7-8,17H2,1-2H3. The van der Waals surface area contributed by atoms with E-state index in [9.17, 15) is 0 Å². The highest BCUT2D eigenvalue weighted by Gasteiger charge is 2.14. The van der Waals surface area contributed by atoms with Crippen molar-refractivity contribution in [3.63, 3.8) is 0 Å². The molecule has 0 saturated heterocycles. The van der Waals surface area contributed by atoms with E-state index in [1.165, 1.54) is 0 Å². The van der Waals surface area contributed by atoms with Crippen molar-refractivity contribution in [2.45, 2.75) is 26.5 Å². The maximum absolute atomic E-state index is 6.29. The van der Waals surface area contributed by atoms with Crippen molar-refractivity contribution >= 4 is 27.5 Å². The molecule has 6 heteroatoms. The van der Waals surface area contributed by atoms with Crippen LogP contribution in [0.1, 0.15) is 23.9 Å². The first-order chi connectivity index (χ1) is 9.56. The number of ether oxygens (including phenoxy) is 1. The molecule has 0 saturated carbocycles. The Morgan fingerprint density at radius 3 is 2.75 bits per heavy atom. The fraction of sp³-hybridized carbons (Fsp3) is 0.357. The van der Waals surface area contributed by atoms with Crippen LogP contribution < -0.4 is 10.5 Å². The summed E-state index contributed by atoms with van der Waals surface area (Å²) in [4.78, 5) is 0. The van der Waals surface area contributed by atoms with E-state index in [0.29, 0.717) is 18.2 Å². The Morgan fingerprint density at radius 2 is 2.20 bits per heavy atom. The summed E-state index contributed by atoms with van der Waals surface area (Å²) < 4.78 is 8.46. The minimum atomic E-state index is 0.378. The summed E-state index contributed by atoms with van der Waals surface area (Å²) in [7, 11) is 1.87. The largest absolute Gasteiger partial charge is 0.486 e. The minimum absolute atomic E-state index is 0.378. The van der Waals surface area contributed by atoms with Crippen molar-refractivity contribution in [3.05, 3.63) is 44.6 Å². The molecular weight excluding hydrogens is 342 g/mol. The van der Waals surface area contributed by atoms with Crippen molar-refractivity contribution < 1.29 is 4.74 Å². The van der Waals surface area contributed by atoms with E-state index >= 15 is 0 Å². The molecule has 0 unspecified atom stereocenters. The molecule has 0 atom stereocenters. The van der Waals surface area contributed by atoms with Crippen LogP contribution in [0, 0.1) is 0 Å². The van der Waals surface area contributed by atoms with Crippen molar-refractivity contribution in [1.29, 1.82) is 0 Å². The zero-order valence-electron chi connectivity index (χ0n) is 11.5. The van der Waals surface area contributed by atoms with Crippen LogP contribution in [0.3, 0.4) is 0 Å². The summed E-state index contributed by atoms with van der Waals surface area (Å²) in [6.07, 6.45) is 0.807. The number of benzene rings is 1. The Bertz CT molecular complexity index is 613. The van der Waals surface area contributed by atoms with Gasteiger partial charge in [0, 0.05) is 13.6 Å². The number of nitrogens with zero attached hydrogens (tertiary/aromatic N) is 2. The molecule has 0 amide bonds. The molecule has 0 aliphatic carbocycles. The summed E-state index contributed by atoms with van der Waals surface area (Å²) in [5.74, 6) is 0.762. The number of halogens is 2. The highest BCUT2D eigenvalue weighted by atomic mass is 79.9. The van der Waals surface area contributed by atoms with Crippen molar-refractivity contribution in [1.82, 2.24) is 9.78 Å². The van der Waals surface area contributed by atoms with Gasteiger partial charge in [0.05, 0.1) is 20.9 Å². The molecule has 0 fully saturated rings. The Balaban J connectivity index is 2.15. The van der Waals surface area contributed by atoms with Gasteiger partial charge in [-0.2, -0.15) is 5.10 Å². The SMILES string of the molecule is CCc1nn(C)c(COc2ccc(CN)cc2Br)c1Cl.